The molecule has 0 atom stereocenters. The van der Waals surface area contributed by atoms with Gasteiger partial charge >= 0.3 is 0 Å². The second kappa shape index (κ2) is 6.30. The Kier molecular flexibility index (Phi) is 4.48. The van der Waals surface area contributed by atoms with Gasteiger partial charge in [-0.3, -0.25) is 4.79 Å². The summed E-state index contributed by atoms with van der Waals surface area (Å²) in [6, 6.07) is 11.3. The summed E-state index contributed by atoms with van der Waals surface area (Å²) in [5.41, 5.74) is 1.03. The van der Waals surface area contributed by atoms with E-state index in [1.54, 1.807) is 30.3 Å². The third-order valence-corrected chi connectivity index (χ3v) is 2.94. The first-order chi connectivity index (χ1) is 9.60. The molecule has 0 aliphatic rings. The molecule has 0 heterocycles. The zero-order chi connectivity index (χ0) is 14.5. The number of phenolic OH excluding ortho intramolecular Hbond substituents is 1. The largest absolute Gasteiger partial charge is 0.506 e. The van der Waals surface area contributed by atoms with Gasteiger partial charge in [-0.1, -0.05) is 11.6 Å². The minimum atomic E-state index is -0.255. The van der Waals surface area contributed by atoms with Crippen LogP contribution in [-0.2, 0) is 0 Å². The van der Waals surface area contributed by atoms with Crippen molar-refractivity contribution >= 4 is 23.2 Å². The van der Waals surface area contributed by atoms with Crippen LogP contribution >= 0.6 is 11.6 Å². The summed E-state index contributed by atoms with van der Waals surface area (Å²) >= 11 is 5.78. The number of hydrogen-bond acceptors (Lipinski definition) is 3. The number of ether oxygens (including phenoxy) is 1. The molecule has 2 rings (SSSR count). The van der Waals surface area contributed by atoms with E-state index in [2.05, 4.69) is 5.32 Å². The third kappa shape index (κ3) is 3.42. The molecular weight excluding hydrogens is 278 g/mol. The average molecular weight is 292 g/mol. The second-order valence-corrected chi connectivity index (χ2v) is 4.48. The number of amides is 1. The number of phenols is 1. The predicted molar refractivity (Wildman–Crippen MR) is 78.7 cm³/mol. The van der Waals surface area contributed by atoms with Crippen molar-refractivity contribution in [3.05, 3.63) is 53.1 Å². The van der Waals surface area contributed by atoms with Crippen LogP contribution in [0.25, 0.3) is 0 Å². The van der Waals surface area contributed by atoms with Crippen molar-refractivity contribution < 1.29 is 14.6 Å². The number of halogens is 1. The molecule has 0 aliphatic heterocycles. The molecule has 2 aromatic carbocycles. The molecular formula is C15H14ClNO3. The molecule has 0 saturated carbocycles. The molecule has 0 unspecified atom stereocenters. The quantitative estimate of drug-likeness (QED) is 0.845. The van der Waals surface area contributed by atoms with E-state index in [0.29, 0.717) is 17.9 Å². The third-order valence-electron chi connectivity index (χ3n) is 2.63. The molecule has 2 N–H and O–H groups in total. The Balaban J connectivity index is 2.09. The first-order valence-corrected chi connectivity index (χ1v) is 6.50. The maximum atomic E-state index is 12.0. The molecule has 1 amide bonds. The summed E-state index contributed by atoms with van der Waals surface area (Å²) in [5, 5.41) is 12.2. The maximum absolute atomic E-state index is 12.0. The van der Waals surface area contributed by atoms with Crippen molar-refractivity contribution in [3.8, 4) is 11.5 Å². The van der Waals surface area contributed by atoms with E-state index in [-0.39, 0.29) is 16.7 Å². The standard InChI is InChI=1S/C15H14ClNO3/c1-2-20-12-6-3-10(4-7-12)15(19)17-11-5-8-14(18)13(16)9-11/h3-9,18H,2H2,1H3,(H,17,19). The highest BCUT2D eigenvalue weighted by molar-refractivity contribution is 6.32. The molecule has 20 heavy (non-hydrogen) atoms. The van der Waals surface area contributed by atoms with Gasteiger partial charge in [0.1, 0.15) is 11.5 Å². The van der Waals surface area contributed by atoms with Crippen LogP contribution in [0.3, 0.4) is 0 Å². The van der Waals surface area contributed by atoms with Gasteiger partial charge in [0.2, 0.25) is 0 Å². The summed E-state index contributed by atoms with van der Waals surface area (Å²) in [6.45, 7) is 2.48. The monoisotopic (exact) mass is 291 g/mol. The van der Waals surface area contributed by atoms with Gasteiger partial charge in [-0.05, 0) is 49.4 Å². The van der Waals surface area contributed by atoms with Crippen molar-refractivity contribution in [2.24, 2.45) is 0 Å². The van der Waals surface area contributed by atoms with Crippen molar-refractivity contribution in [2.75, 3.05) is 11.9 Å². The van der Waals surface area contributed by atoms with Gasteiger partial charge < -0.3 is 15.2 Å². The van der Waals surface area contributed by atoms with Gasteiger partial charge in [0.15, 0.2) is 0 Å². The Labute approximate surface area is 122 Å². The van der Waals surface area contributed by atoms with Crippen LogP contribution in [0.1, 0.15) is 17.3 Å². The lowest BCUT2D eigenvalue weighted by atomic mass is 10.2. The Bertz CT molecular complexity index is 611. The lowest BCUT2D eigenvalue weighted by Crippen LogP contribution is -2.11. The van der Waals surface area contributed by atoms with Crippen LogP contribution in [0.15, 0.2) is 42.5 Å². The lowest BCUT2D eigenvalue weighted by Gasteiger charge is -2.07. The normalized spacial score (nSPS) is 10.1. The van der Waals surface area contributed by atoms with E-state index in [1.165, 1.54) is 12.1 Å². The van der Waals surface area contributed by atoms with Gasteiger partial charge in [0.05, 0.1) is 11.6 Å². The zero-order valence-electron chi connectivity index (χ0n) is 10.9. The summed E-state index contributed by atoms with van der Waals surface area (Å²) in [6.07, 6.45) is 0. The highest BCUT2D eigenvalue weighted by Gasteiger charge is 2.07. The van der Waals surface area contributed by atoms with Crippen LogP contribution in [-0.4, -0.2) is 17.6 Å². The van der Waals surface area contributed by atoms with E-state index < -0.39 is 0 Å². The molecule has 4 nitrogen and oxygen atoms in total. The Hall–Kier alpha value is -2.20. The van der Waals surface area contributed by atoms with Crippen LogP contribution in [0.2, 0.25) is 5.02 Å². The minimum Gasteiger partial charge on any atom is -0.506 e. The van der Waals surface area contributed by atoms with E-state index in [0.717, 1.165) is 5.75 Å². The smallest absolute Gasteiger partial charge is 0.255 e. The van der Waals surface area contributed by atoms with E-state index in [9.17, 15) is 9.90 Å². The second-order valence-electron chi connectivity index (χ2n) is 4.08. The molecule has 0 aliphatic carbocycles. The highest BCUT2D eigenvalue weighted by atomic mass is 35.5. The van der Waals surface area contributed by atoms with Crippen molar-refractivity contribution in [1.82, 2.24) is 0 Å². The van der Waals surface area contributed by atoms with Gasteiger partial charge in [-0.25, -0.2) is 0 Å². The lowest BCUT2D eigenvalue weighted by molar-refractivity contribution is 0.102. The summed E-state index contributed by atoms with van der Waals surface area (Å²) < 4.78 is 5.31. The Morgan fingerprint density at radius 3 is 2.55 bits per heavy atom. The van der Waals surface area contributed by atoms with Crippen LogP contribution in [0.4, 0.5) is 5.69 Å². The summed E-state index contributed by atoms with van der Waals surface area (Å²) in [4.78, 5) is 12.0. The first kappa shape index (κ1) is 14.2. The number of carbonyl (C=O) groups excluding carboxylic acids is 1. The fraction of sp³-hybridized carbons (Fsp3) is 0.133. The van der Waals surface area contributed by atoms with Crippen LogP contribution in [0, 0.1) is 0 Å². The van der Waals surface area contributed by atoms with Crippen molar-refractivity contribution in [1.29, 1.82) is 0 Å². The Morgan fingerprint density at radius 2 is 1.95 bits per heavy atom. The maximum Gasteiger partial charge on any atom is 0.255 e. The first-order valence-electron chi connectivity index (χ1n) is 6.13. The van der Waals surface area contributed by atoms with Crippen LogP contribution in [0.5, 0.6) is 11.5 Å². The molecule has 104 valence electrons. The fourth-order valence-corrected chi connectivity index (χ4v) is 1.84. The number of carbonyl (C=O) groups is 1. The van der Waals surface area contributed by atoms with Gasteiger partial charge in [-0.2, -0.15) is 0 Å². The van der Waals surface area contributed by atoms with Gasteiger partial charge in [-0.15, -0.1) is 0 Å². The van der Waals surface area contributed by atoms with Crippen molar-refractivity contribution in [3.63, 3.8) is 0 Å². The molecule has 0 aromatic heterocycles. The number of aromatic hydroxyl groups is 1. The Morgan fingerprint density at radius 1 is 1.25 bits per heavy atom. The average Bonchev–Trinajstić information content (AvgIpc) is 2.44. The van der Waals surface area contributed by atoms with E-state index in [1.807, 2.05) is 6.92 Å². The van der Waals surface area contributed by atoms with Gasteiger partial charge in [0.25, 0.3) is 5.91 Å². The molecule has 0 fully saturated rings. The summed E-state index contributed by atoms with van der Waals surface area (Å²) in [5.74, 6) is 0.442. The number of nitrogens with one attached hydrogen (secondary N) is 1. The molecule has 2 aromatic rings. The minimum absolute atomic E-state index is 0.0225. The molecule has 0 saturated heterocycles. The number of rotatable bonds is 4. The van der Waals surface area contributed by atoms with E-state index >= 15 is 0 Å². The zero-order valence-corrected chi connectivity index (χ0v) is 11.6. The van der Waals surface area contributed by atoms with Crippen LogP contribution < -0.4 is 10.1 Å². The highest BCUT2D eigenvalue weighted by Crippen LogP contribution is 2.26. The fourth-order valence-electron chi connectivity index (χ4n) is 1.66. The number of benzene rings is 2. The van der Waals surface area contributed by atoms with Crippen molar-refractivity contribution in [2.45, 2.75) is 6.92 Å². The molecule has 0 radical (unpaired) electrons. The van der Waals surface area contributed by atoms with Gasteiger partial charge in [0, 0.05) is 11.3 Å². The molecule has 0 spiro atoms. The SMILES string of the molecule is CCOc1ccc(C(=O)Nc2ccc(O)c(Cl)c2)cc1. The predicted octanol–water partition coefficient (Wildman–Crippen LogP) is 3.70. The number of anilines is 1. The number of hydrogen-bond donors (Lipinski definition) is 2. The topological polar surface area (TPSA) is 58.6 Å². The molecule has 5 heteroatoms. The summed E-state index contributed by atoms with van der Waals surface area (Å²) in [7, 11) is 0. The van der Waals surface area contributed by atoms with E-state index in [4.69, 9.17) is 16.3 Å². The molecule has 0 bridgehead atoms.